The summed E-state index contributed by atoms with van der Waals surface area (Å²) in [6, 6.07) is 6.11. The maximum atomic E-state index is 12.0. The van der Waals surface area contributed by atoms with Crippen LogP contribution >= 0.6 is 0 Å². The van der Waals surface area contributed by atoms with Crippen LogP contribution in [0.1, 0.15) is 61.0 Å². The Balaban J connectivity index is 2.11. The molecular weight excluding hydrogens is 222 g/mol. The monoisotopic (exact) mass is 245 g/mol. The lowest BCUT2D eigenvalue weighted by molar-refractivity contribution is 0.0951. The zero-order valence-electron chi connectivity index (χ0n) is 11.6. The quantitative estimate of drug-likeness (QED) is 0.845. The lowest BCUT2D eigenvalue weighted by Gasteiger charge is -2.13. The van der Waals surface area contributed by atoms with Gasteiger partial charge in [-0.25, -0.2) is 0 Å². The van der Waals surface area contributed by atoms with Crippen LogP contribution in [0.25, 0.3) is 0 Å². The molecule has 0 aromatic heterocycles. The third kappa shape index (κ3) is 3.12. The zero-order chi connectivity index (χ0) is 13.1. The van der Waals surface area contributed by atoms with E-state index in [0.717, 1.165) is 24.4 Å². The molecule has 2 rings (SSSR count). The second-order valence-electron chi connectivity index (χ2n) is 5.58. The molecule has 0 atom stereocenters. The van der Waals surface area contributed by atoms with Crippen LogP contribution < -0.4 is 5.32 Å². The van der Waals surface area contributed by atoms with E-state index in [9.17, 15) is 4.79 Å². The first-order chi connectivity index (χ1) is 8.61. The molecule has 1 aliphatic carbocycles. The molecule has 1 N–H and O–H groups in total. The molecule has 0 heterocycles. The van der Waals surface area contributed by atoms with Crippen LogP contribution in [0.15, 0.2) is 18.2 Å². The van der Waals surface area contributed by atoms with Gasteiger partial charge in [-0.2, -0.15) is 0 Å². The Morgan fingerprint density at radius 1 is 1.39 bits per heavy atom. The van der Waals surface area contributed by atoms with E-state index in [-0.39, 0.29) is 5.91 Å². The van der Waals surface area contributed by atoms with E-state index < -0.39 is 0 Å². The van der Waals surface area contributed by atoms with Gasteiger partial charge in [0.25, 0.3) is 5.91 Å². The van der Waals surface area contributed by atoms with E-state index in [4.69, 9.17) is 0 Å². The Hall–Kier alpha value is -1.31. The molecule has 0 bridgehead atoms. The van der Waals surface area contributed by atoms with Gasteiger partial charge in [0, 0.05) is 12.1 Å². The first kappa shape index (κ1) is 13.1. The second-order valence-corrected chi connectivity index (χ2v) is 5.58. The topological polar surface area (TPSA) is 29.1 Å². The van der Waals surface area contributed by atoms with Gasteiger partial charge in [-0.3, -0.25) is 4.79 Å². The number of nitrogens with one attached hydrogen (secondary N) is 1. The van der Waals surface area contributed by atoms with Crippen molar-refractivity contribution in [2.75, 3.05) is 6.54 Å². The number of amides is 1. The van der Waals surface area contributed by atoms with Gasteiger partial charge in [0.05, 0.1) is 0 Å². The highest BCUT2D eigenvalue weighted by atomic mass is 16.1. The average Bonchev–Trinajstić information content (AvgIpc) is 3.19. The van der Waals surface area contributed by atoms with E-state index in [2.05, 4.69) is 38.2 Å². The van der Waals surface area contributed by atoms with E-state index in [1.54, 1.807) is 0 Å². The molecule has 98 valence electrons. The molecule has 18 heavy (non-hydrogen) atoms. The van der Waals surface area contributed by atoms with Crippen LogP contribution in [-0.4, -0.2) is 12.5 Å². The van der Waals surface area contributed by atoms with Crippen LogP contribution in [0.2, 0.25) is 0 Å². The van der Waals surface area contributed by atoms with Crippen molar-refractivity contribution in [2.24, 2.45) is 5.92 Å². The van der Waals surface area contributed by atoms with Crippen LogP contribution in [0.4, 0.5) is 0 Å². The normalized spacial score (nSPS) is 14.9. The molecule has 0 saturated heterocycles. The first-order valence-corrected chi connectivity index (χ1v) is 7.02. The van der Waals surface area contributed by atoms with Gasteiger partial charge in [0.15, 0.2) is 0 Å². The fourth-order valence-corrected chi connectivity index (χ4v) is 2.26. The number of hydrogen-bond donors (Lipinski definition) is 1. The van der Waals surface area contributed by atoms with Gasteiger partial charge < -0.3 is 5.32 Å². The number of carbonyl (C=O) groups excluding carboxylic acids is 1. The third-order valence-corrected chi connectivity index (χ3v) is 3.66. The van der Waals surface area contributed by atoms with E-state index in [1.807, 2.05) is 6.07 Å². The standard InChI is InChI=1S/C16H23NO/c1-4-13-7-8-14(9-15(13)11(2)3)16(18)17-10-12-5-6-12/h7-9,11-12H,4-6,10H2,1-3H3,(H,17,18). The summed E-state index contributed by atoms with van der Waals surface area (Å²) in [5, 5.41) is 3.03. The Morgan fingerprint density at radius 3 is 2.67 bits per heavy atom. The van der Waals surface area contributed by atoms with Gasteiger partial charge in [0.2, 0.25) is 0 Å². The number of hydrogen-bond acceptors (Lipinski definition) is 1. The van der Waals surface area contributed by atoms with Crippen LogP contribution in [0.3, 0.4) is 0 Å². The number of aryl methyl sites for hydroxylation is 1. The summed E-state index contributed by atoms with van der Waals surface area (Å²) in [6.07, 6.45) is 3.57. The molecule has 0 aliphatic heterocycles. The van der Waals surface area contributed by atoms with Gasteiger partial charge >= 0.3 is 0 Å². The molecule has 1 saturated carbocycles. The highest BCUT2D eigenvalue weighted by Crippen LogP contribution is 2.27. The Bertz CT molecular complexity index is 433. The van der Waals surface area contributed by atoms with Crippen molar-refractivity contribution < 1.29 is 4.79 Å². The number of rotatable bonds is 5. The minimum Gasteiger partial charge on any atom is -0.352 e. The summed E-state index contributed by atoms with van der Waals surface area (Å²) >= 11 is 0. The van der Waals surface area contributed by atoms with Crippen molar-refractivity contribution in [3.63, 3.8) is 0 Å². The maximum absolute atomic E-state index is 12.0. The largest absolute Gasteiger partial charge is 0.352 e. The Labute approximate surface area is 110 Å². The smallest absolute Gasteiger partial charge is 0.251 e. The van der Waals surface area contributed by atoms with E-state index in [0.29, 0.717) is 5.92 Å². The number of carbonyl (C=O) groups is 1. The molecule has 2 heteroatoms. The van der Waals surface area contributed by atoms with E-state index in [1.165, 1.54) is 24.0 Å². The third-order valence-electron chi connectivity index (χ3n) is 3.66. The van der Waals surface area contributed by atoms with Crippen molar-refractivity contribution in [1.29, 1.82) is 0 Å². The highest BCUT2D eigenvalue weighted by Gasteiger charge is 2.22. The average molecular weight is 245 g/mol. The summed E-state index contributed by atoms with van der Waals surface area (Å²) < 4.78 is 0. The van der Waals surface area contributed by atoms with Crippen LogP contribution in [0.5, 0.6) is 0 Å². The minimum atomic E-state index is 0.0754. The fraction of sp³-hybridized carbons (Fsp3) is 0.562. The van der Waals surface area contributed by atoms with Gasteiger partial charge in [-0.05, 0) is 54.4 Å². The van der Waals surface area contributed by atoms with Crippen LogP contribution in [0, 0.1) is 5.92 Å². The lowest BCUT2D eigenvalue weighted by atomic mass is 9.93. The molecule has 0 spiro atoms. The van der Waals surface area contributed by atoms with Crippen molar-refractivity contribution >= 4 is 5.91 Å². The molecule has 1 aromatic carbocycles. The van der Waals surface area contributed by atoms with Crippen molar-refractivity contribution in [3.05, 3.63) is 34.9 Å². The molecule has 1 amide bonds. The Morgan fingerprint density at radius 2 is 2.11 bits per heavy atom. The molecule has 1 fully saturated rings. The summed E-state index contributed by atoms with van der Waals surface area (Å²) in [4.78, 5) is 12.0. The van der Waals surface area contributed by atoms with Crippen molar-refractivity contribution in [2.45, 2.75) is 46.0 Å². The zero-order valence-corrected chi connectivity index (χ0v) is 11.6. The molecular formula is C16H23NO. The predicted octanol–water partition coefficient (Wildman–Crippen LogP) is 3.51. The fourth-order valence-electron chi connectivity index (χ4n) is 2.26. The van der Waals surface area contributed by atoms with Crippen molar-refractivity contribution in [1.82, 2.24) is 5.32 Å². The summed E-state index contributed by atoms with van der Waals surface area (Å²) in [5.41, 5.74) is 3.46. The molecule has 0 unspecified atom stereocenters. The minimum absolute atomic E-state index is 0.0754. The number of benzene rings is 1. The predicted molar refractivity (Wildman–Crippen MR) is 75.0 cm³/mol. The van der Waals surface area contributed by atoms with Gasteiger partial charge in [-0.15, -0.1) is 0 Å². The molecule has 2 nitrogen and oxygen atoms in total. The first-order valence-electron chi connectivity index (χ1n) is 7.02. The lowest BCUT2D eigenvalue weighted by Crippen LogP contribution is -2.25. The highest BCUT2D eigenvalue weighted by molar-refractivity contribution is 5.94. The summed E-state index contributed by atoms with van der Waals surface area (Å²) in [5.74, 6) is 1.27. The van der Waals surface area contributed by atoms with Gasteiger partial charge in [-0.1, -0.05) is 26.8 Å². The SMILES string of the molecule is CCc1ccc(C(=O)NCC2CC2)cc1C(C)C. The van der Waals surface area contributed by atoms with Crippen LogP contribution in [-0.2, 0) is 6.42 Å². The molecule has 1 aromatic rings. The van der Waals surface area contributed by atoms with Gasteiger partial charge in [0.1, 0.15) is 0 Å². The van der Waals surface area contributed by atoms with Crippen molar-refractivity contribution in [3.8, 4) is 0 Å². The summed E-state index contributed by atoms with van der Waals surface area (Å²) in [6.45, 7) is 7.36. The Kier molecular flexibility index (Phi) is 4.05. The molecule has 1 aliphatic rings. The summed E-state index contributed by atoms with van der Waals surface area (Å²) in [7, 11) is 0. The maximum Gasteiger partial charge on any atom is 0.251 e. The molecule has 0 radical (unpaired) electrons. The van der Waals surface area contributed by atoms with E-state index >= 15 is 0 Å². The second kappa shape index (κ2) is 5.55.